The number of amides is 1. The van der Waals surface area contributed by atoms with Crippen LogP contribution in [0.5, 0.6) is 0 Å². The van der Waals surface area contributed by atoms with Crippen LogP contribution in [0.4, 0.5) is 0 Å². The van der Waals surface area contributed by atoms with Crippen LogP contribution in [0.2, 0.25) is 0 Å². The van der Waals surface area contributed by atoms with Gasteiger partial charge in [-0.1, -0.05) is 12.8 Å². The highest BCUT2D eigenvalue weighted by Crippen LogP contribution is 2.24. The van der Waals surface area contributed by atoms with Crippen molar-refractivity contribution in [3.8, 4) is 0 Å². The third kappa shape index (κ3) is 3.11. The van der Waals surface area contributed by atoms with E-state index in [1.165, 1.54) is 32.2 Å². The SMILES string of the molecule is O=C([C@H]1CCCN1)N1CCCN(C2CCCC2)CC1. The maximum Gasteiger partial charge on any atom is 0.239 e. The van der Waals surface area contributed by atoms with Crippen molar-refractivity contribution < 1.29 is 4.79 Å². The summed E-state index contributed by atoms with van der Waals surface area (Å²) < 4.78 is 0. The molecule has 4 heteroatoms. The molecule has 1 N–H and O–H groups in total. The Balaban J connectivity index is 1.53. The summed E-state index contributed by atoms with van der Waals surface area (Å²) in [7, 11) is 0. The van der Waals surface area contributed by atoms with E-state index < -0.39 is 0 Å². The van der Waals surface area contributed by atoms with Crippen molar-refractivity contribution in [2.75, 3.05) is 32.7 Å². The highest BCUT2D eigenvalue weighted by atomic mass is 16.2. The van der Waals surface area contributed by atoms with Crippen LogP contribution in [0, 0.1) is 0 Å². The number of hydrogen-bond donors (Lipinski definition) is 1. The second-order valence-electron chi connectivity index (χ2n) is 6.30. The summed E-state index contributed by atoms with van der Waals surface area (Å²) >= 11 is 0. The Labute approximate surface area is 116 Å². The molecule has 19 heavy (non-hydrogen) atoms. The number of carbonyl (C=O) groups is 1. The molecule has 0 spiro atoms. The number of hydrogen-bond acceptors (Lipinski definition) is 3. The summed E-state index contributed by atoms with van der Waals surface area (Å²) in [4.78, 5) is 17.2. The fourth-order valence-corrected chi connectivity index (χ4v) is 3.91. The smallest absolute Gasteiger partial charge is 0.239 e. The lowest BCUT2D eigenvalue weighted by molar-refractivity contribution is -0.132. The fraction of sp³-hybridized carbons (Fsp3) is 0.933. The zero-order valence-electron chi connectivity index (χ0n) is 11.9. The molecule has 3 fully saturated rings. The zero-order valence-corrected chi connectivity index (χ0v) is 11.9. The van der Waals surface area contributed by atoms with Gasteiger partial charge in [0, 0.05) is 32.2 Å². The molecule has 2 heterocycles. The van der Waals surface area contributed by atoms with E-state index in [9.17, 15) is 4.79 Å². The minimum absolute atomic E-state index is 0.109. The topological polar surface area (TPSA) is 35.6 Å². The highest BCUT2D eigenvalue weighted by Gasteiger charge is 2.30. The molecule has 1 atom stereocenters. The molecule has 0 unspecified atom stereocenters. The van der Waals surface area contributed by atoms with Crippen LogP contribution in [0.1, 0.15) is 44.9 Å². The average molecular weight is 265 g/mol. The summed E-state index contributed by atoms with van der Waals surface area (Å²) in [6.45, 7) is 5.18. The van der Waals surface area contributed by atoms with Crippen molar-refractivity contribution in [1.29, 1.82) is 0 Å². The molecular weight excluding hydrogens is 238 g/mol. The van der Waals surface area contributed by atoms with Crippen LogP contribution in [0.15, 0.2) is 0 Å². The Kier molecular flexibility index (Phi) is 4.38. The quantitative estimate of drug-likeness (QED) is 0.815. The van der Waals surface area contributed by atoms with E-state index in [1.54, 1.807) is 0 Å². The van der Waals surface area contributed by atoms with Crippen LogP contribution in [0.3, 0.4) is 0 Å². The van der Waals surface area contributed by atoms with E-state index in [0.717, 1.165) is 51.5 Å². The first-order valence-electron chi connectivity index (χ1n) is 8.11. The monoisotopic (exact) mass is 265 g/mol. The van der Waals surface area contributed by atoms with Crippen molar-refractivity contribution in [3.05, 3.63) is 0 Å². The van der Waals surface area contributed by atoms with Gasteiger partial charge in [-0.3, -0.25) is 9.69 Å². The van der Waals surface area contributed by atoms with Crippen LogP contribution in [-0.2, 0) is 4.79 Å². The first-order valence-corrected chi connectivity index (χ1v) is 8.11. The van der Waals surface area contributed by atoms with Crippen LogP contribution < -0.4 is 5.32 Å². The number of rotatable bonds is 2. The predicted molar refractivity (Wildman–Crippen MR) is 76.1 cm³/mol. The molecule has 0 aromatic heterocycles. The number of nitrogens with one attached hydrogen (secondary N) is 1. The van der Waals surface area contributed by atoms with Crippen molar-refractivity contribution in [3.63, 3.8) is 0 Å². The van der Waals surface area contributed by atoms with Gasteiger partial charge >= 0.3 is 0 Å². The third-order valence-corrected chi connectivity index (χ3v) is 5.04. The summed E-state index contributed by atoms with van der Waals surface area (Å²) in [6.07, 6.45) is 8.87. The van der Waals surface area contributed by atoms with Gasteiger partial charge < -0.3 is 10.2 Å². The third-order valence-electron chi connectivity index (χ3n) is 5.04. The predicted octanol–water partition coefficient (Wildman–Crippen LogP) is 1.22. The molecule has 1 amide bonds. The Morgan fingerprint density at radius 1 is 0.895 bits per heavy atom. The van der Waals surface area contributed by atoms with E-state index in [2.05, 4.69) is 15.1 Å². The molecule has 1 saturated carbocycles. The first kappa shape index (κ1) is 13.4. The lowest BCUT2D eigenvalue weighted by Gasteiger charge is -2.28. The Morgan fingerprint density at radius 3 is 2.47 bits per heavy atom. The van der Waals surface area contributed by atoms with E-state index >= 15 is 0 Å². The van der Waals surface area contributed by atoms with E-state index in [1.807, 2.05) is 0 Å². The summed E-state index contributed by atoms with van der Waals surface area (Å²) in [6, 6.07) is 0.915. The van der Waals surface area contributed by atoms with Gasteiger partial charge in [0.25, 0.3) is 0 Å². The van der Waals surface area contributed by atoms with Gasteiger partial charge in [-0.15, -0.1) is 0 Å². The molecule has 4 nitrogen and oxygen atoms in total. The van der Waals surface area contributed by atoms with Crippen molar-refractivity contribution >= 4 is 5.91 Å². The maximum atomic E-state index is 12.4. The van der Waals surface area contributed by atoms with Gasteiger partial charge in [0.1, 0.15) is 0 Å². The molecule has 2 aliphatic heterocycles. The molecule has 0 aromatic carbocycles. The van der Waals surface area contributed by atoms with E-state index in [4.69, 9.17) is 0 Å². The summed E-state index contributed by atoms with van der Waals surface area (Å²) in [5.74, 6) is 0.353. The minimum atomic E-state index is 0.109. The molecule has 1 aliphatic carbocycles. The molecule has 3 aliphatic rings. The molecule has 108 valence electrons. The van der Waals surface area contributed by atoms with Crippen LogP contribution >= 0.6 is 0 Å². The van der Waals surface area contributed by atoms with Gasteiger partial charge in [0.15, 0.2) is 0 Å². The average Bonchev–Trinajstić information content (AvgIpc) is 3.08. The normalized spacial score (nSPS) is 30.7. The highest BCUT2D eigenvalue weighted by molar-refractivity contribution is 5.82. The van der Waals surface area contributed by atoms with E-state index in [-0.39, 0.29) is 6.04 Å². The van der Waals surface area contributed by atoms with Gasteiger partial charge in [-0.05, 0) is 38.6 Å². The molecular formula is C15H27N3O. The molecule has 2 saturated heterocycles. The minimum Gasteiger partial charge on any atom is -0.340 e. The van der Waals surface area contributed by atoms with Gasteiger partial charge in [-0.2, -0.15) is 0 Å². The van der Waals surface area contributed by atoms with Gasteiger partial charge in [0.2, 0.25) is 5.91 Å². The van der Waals surface area contributed by atoms with Gasteiger partial charge in [0.05, 0.1) is 6.04 Å². The second-order valence-corrected chi connectivity index (χ2v) is 6.30. The fourth-order valence-electron chi connectivity index (χ4n) is 3.91. The lowest BCUT2D eigenvalue weighted by Crippen LogP contribution is -2.45. The standard InChI is InChI=1S/C15H27N3O/c19-15(14-7-3-8-16-14)18-10-4-9-17(11-12-18)13-5-1-2-6-13/h13-14,16H,1-12H2/t14-/m1/s1. The molecule has 0 radical (unpaired) electrons. The summed E-state index contributed by atoms with van der Waals surface area (Å²) in [5, 5.41) is 3.34. The molecule has 0 bridgehead atoms. The van der Waals surface area contributed by atoms with Gasteiger partial charge in [-0.25, -0.2) is 0 Å². The van der Waals surface area contributed by atoms with Crippen LogP contribution in [-0.4, -0.2) is 60.5 Å². The number of carbonyl (C=O) groups excluding carboxylic acids is 1. The summed E-state index contributed by atoms with van der Waals surface area (Å²) in [5.41, 5.74) is 0. The molecule has 0 aromatic rings. The largest absolute Gasteiger partial charge is 0.340 e. The van der Waals surface area contributed by atoms with Crippen molar-refractivity contribution in [2.45, 2.75) is 57.0 Å². The maximum absolute atomic E-state index is 12.4. The zero-order chi connectivity index (χ0) is 13.1. The van der Waals surface area contributed by atoms with Crippen LogP contribution in [0.25, 0.3) is 0 Å². The first-order chi connectivity index (χ1) is 9.34. The Bertz CT molecular complexity index is 309. The van der Waals surface area contributed by atoms with E-state index in [0.29, 0.717) is 5.91 Å². The Hall–Kier alpha value is -0.610. The Morgan fingerprint density at radius 2 is 1.74 bits per heavy atom. The molecule has 3 rings (SSSR count). The second kappa shape index (κ2) is 6.23. The number of nitrogens with zero attached hydrogens (tertiary/aromatic N) is 2. The van der Waals surface area contributed by atoms with Crippen molar-refractivity contribution in [1.82, 2.24) is 15.1 Å². The lowest BCUT2D eigenvalue weighted by atomic mass is 10.2. The van der Waals surface area contributed by atoms with Crippen molar-refractivity contribution in [2.24, 2.45) is 0 Å².